The third-order valence-corrected chi connectivity index (χ3v) is 7.96. The molecule has 232 valence electrons. The quantitative estimate of drug-likeness (QED) is 0.158. The summed E-state index contributed by atoms with van der Waals surface area (Å²) in [6.45, 7) is 12.1. The number of fused-ring (bicyclic) bond motifs is 1. The highest BCUT2D eigenvalue weighted by molar-refractivity contribution is 7.52. The summed E-state index contributed by atoms with van der Waals surface area (Å²) in [5.74, 6) is -0.0393. The first kappa shape index (κ1) is 33.2. The Morgan fingerprint density at radius 3 is 2.43 bits per heavy atom. The Morgan fingerprint density at radius 2 is 1.81 bits per heavy atom. The van der Waals surface area contributed by atoms with Crippen molar-refractivity contribution in [2.24, 2.45) is 5.92 Å². The highest BCUT2D eigenvalue weighted by Gasteiger charge is 2.35. The minimum atomic E-state index is -4.19. The molecule has 0 spiro atoms. The molecule has 3 aromatic rings. The van der Waals surface area contributed by atoms with Crippen LogP contribution in [-0.4, -0.2) is 68.2 Å². The molecule has 6 atom stereocenters. The molecule has 0 radical (unpaired) electrons. The number of esters is 1. The number of nitrogens with zero attached hydrogens (tertiary/aromatic N) is 4. The molecule has 4 N–H and O–H groups in total. The van der Waals surface area contributed by atoms with Gasteiger partial charge in [0, 0.05) is 0 Å². The number of rotatable bonds is 16. The van der Waals surface area contributed by atoms with Gasteiger partial charge in [0.05, 0.1) is 25.6 Å². The van der Waals surface area contributed by atoms with Crippen molar-refractivity contribution in [3.63, 3.8) is 0 Å². The fraction of sp³-hybridized carbons (Fsp3) is 0.556. The Hall–Kier alpha value is -3.29. The molecule has 0 saturated carbocycles. The van der Waals surface area contributed by atoms with Crippen LogP contribution in [0.3, 0.4) is 0 Å². The molecule has 42 heavy (non-hydrogen) atoms. The van der Waals surface area contributed by atoms with E-state index in [9.17, 15) is 14.5 Å². The second-order valence-corrected chi connectivity index (χ2v) is 11.8. The van der Waals surface area contributed by atoms with Crippen molar-refractivity contribution in [1.29, 1.82) is 0 Å². The fourth-order valence-electron chi connectivity index (χ4n) is 3.61. The predicted molar refractivity (Wildman–Crippen MR) is 156 cm³/mol. The minimum absolute atomic E-state index is 0.00387. The summed E-state index contributed by atoms with van der Waals surface area (Å²) in [4.78, 5) is 25.4. The van der Waals surface area contributed by atoms with E-state index >= 15 is 0 Å². The average Bonchev–Trinajstić information content (AvgIpc) is 3.35. The number of ether oxygens (including phenoxy) is 3. The lowest BCUT2D eigenvalue weighted by Crippen LogP contribution is -2.39. The van der Waals surface area contributed by atoms with Crippen molar-refractivity contribution >= 4 is 30.8 Å². The number of aromatic nitrogens is 4. The summed E-state index contributed by atoms with van der Waals surface area (Å²) in [5.41, 5.74) is 6.62. The molecule has 14 nitrogen and oxygen atoms in total. The van der Waals surface area contributed by atoms with Gasteiger partial charge in [-0.15, -0.1) is 0 Å². The fourth-order valence-corrected chi connectivity index (χ4v) is 5.12. The van der Waals surface area contributed by atoms with Gasteiger partial charge in [0.15, 0.2) is 11.2 Å². The van der Waals surface area contributed by atoms with Gasteiger partial charge in [0.25, 0.3) is 0 Å². The molecule has 0 bridgehead atoms. The first-order valence-corrected chi connectivity index (χ1v) is 15.3. The van der Waals surface area contributed by atoms with E-state index in [1.165, 1.54) is 20.2 Å². The molecular weight excluding hydrogens is 567 g/mol. The van der Waals surface area contributed by atoms with E-state index in [-0.39, 0.29) is 36.2 Å². The molecule has 2 aromatic heterocycles. The van der Waals surface area contributed by atoms with Gasteiger partial charge >= 0.3 is 13.7 Å². The summed E-state index contributed by atoms with van der Waals surface area (Å²) in [7, 11) is -4.19. The molecule has 3 unspecified atom stereocenters. The number of aliphatic hydroxyl groups excluding tert-OH is 1. The largest absolute Gasteiger partial charge is 0.476 e. The van der Waals surface area contributed by atoms with Crippen molar-refractivity contribution in [3.8, 4) is 11.6 Å². The van der Waals surface area contributed by atoms with Crippen LogP contribution in [0.25, 0.3) is 11.2 Å². The van der Waals surface area contributed by atoms with Gasteiger partial charge in [-0.3, -0.25) is 13.9 Å². The number of nitrogen functional groups attached to an aromatic ring is 1. The van der Waals surface area contributed by atoms with Crippen molar-refractivity contribution in [2.45, 2.75) is 79.0 Å². The molecule has 0 saturated heterocycles. The summed E-state index contributed by atoms with van der Waals surface area (Å²) >= 11 is 0. The lowest BCUT2D eigenvalue weighted by molar-refractivity contribution is -0.152. The monoisotopic (exact) mass is 608 g/mol. The zero-order chi connectivity index (χ0) is 31.0. The van der Waals surface area contributed by atoms with Crippen LogP contribution in [0.5, 0.6) is 11.6 Å². The molecule has 15 heteroatoms. The van der Waals surface area contributed by atoms with Gasteiger partial charge < -0.3 is 29.6 Å². The minimum Gasteiger partial charge on any atom is -0.476 e. The molecule has 0 fully saturated rings. The number of carbonyl (C=O) groups is 1. The van der Waals surface area contributed by atoms with Crippen LogP contribution in [0.1, 0.15) is 54.7 Å². The number of para-hydroxylation sites is 1. The number of hydrogen-bond donors (Lipinski definition) is 3. The van der Waals surface area contributed by atoms with E-state index in [4.69, 9.17) is 29.0 Å². The van der Waals surface area contributed by atoms with E-state index in [0.29, 0.717) is 17.8 Å². The zero-order valence-electron chi connectivity index (χ0n) is 25.0. The second kappa shape index (κ2) is 14.7. The predicted octanol–water partition coefficient (Wildman–Crippen LogP) is 3.86. The second-order valence-electron chi connectivity index (χ2n) is 10.1. The number of anilines is 1. The molecule has 1 aromatic carbocycles. The van der Waals surface area contributed by atoms with Crippen LogP contribution < -0.4 is 20.1 Å². The van der Waals surface area contributed by atoms with Crippen molar-refractivity contribution in [2.75, 3.05) is 18.9 Å². The molecule has 0 aliphatic rings. The smallest absolute Gasteiger partial charge is 0.459 e. The van der Waals surface area contributed by atoms with Gasteiger partial charge in [-0.05, 0) is 52.7 Å². The van der Waals surface area contributed by atoms with E-state index < -0.39 is 38.2 Å². The lowest BCUT2D eigenvalue weighted by Gasteiger charge is -2.28. The van der Waals surface area contributed by atoms with Crippen LogP contribution in [0.2, 0.25) is 0 Å². The lowest BCUT2D eigenvalue weighted by atomic mass is 10.1. The topological polar surface area (TPSA) is 182 Å². The molecule has 0 aliphatic carbocycles. The Labute approximate surface area is 245 Å². The molecule has 3 rings (SSSR count). The maximum Gasteiger partial charge on any atom is 0.459 e. The Balaban J connectivity index is 1.78. The number of imidazole rings is 1. The van der Waals surface area contributed by atoms with E-state index in [1.54, 1.807) is 48.7 Å². The third-order valence-electron chi connectivity index (χ3n) is 6.31. The van der Waals surface area contributed by atoms with Gasteiger partial charge in [-0.1, -0.05) is 32.0 Å². The van der Waals surface area contributed by atoms with E-state index in [1.807, 2.05) is 20.8 Å². The first-order chi connectivity index (χ1) is 19.8. The van der Waals surface area contributed by atoms with Crippen LogP contribution >= 0.6 is 7.75 Å². The number of carbonyl (C=O) groups excluding carboxylic acids is 1. The van der Waals surface area contributed by atoms with Crippen LogP contribution in [-0.2, 0) is 23.4 Å². The van der Waals surface area contributed by atoms with Crippen molar-refractivity contribution in [3.05, 3.63) is 36.7 Å². The Morgan fingerprint density at radius 1 is 1.12 bits per heavy atom. The van der Waals surface area contributed by atoms with E-state index in [0.717, 1.165) is 0 Å². The summed E-state index contributed by atoms with van der Waals surface area (Å²) in [5, 5.41) is 13.2. The first-order valence-electron chi connectivity index (χ1n) is 13.8. The van der Waals surface area contributed by atoms with Crippen LogP contribution in [0, 0.1) is 5.92 Å². The number of nitrogens with one attached hydrogen (secondary N) is 1. The maximum absolute atomic E-state index is 13.9. The number of nitrogens with two attached hydrogens (primary N) is 1. The van der Waals surface area contributed by atoms with Gasteiger partial charge in [0.2, 0.25) is 11.8 Å². The molecule has 0 aliphatic heterocycles. The van der Waals surface area contributed by atoms with Crippen LogP contribution in [0.15, 0.2) is 36.7 Å². The highest BCUT2D eigenvalue weighted by Crippen LogP contribution is 2.45. The normalized spacial score (nSPS) is 16.8. The van der Waals surface area contributed by atoms with E-state index in [2.05, 4.69) is 20.0 Å². The summed E-state index contributed by atoms with van der Waals surface area (Å²) < 4.78 is 44.0. The number of hydrogen-bond acceptors (Lipinski definition) is 12. The van der Waals surface area contributed by atoms with Crippen LogP contribution in [0.4, 0.5) is 5.95 Å². The molecule has 2 heterocycles. The number of benzene rings is 1. The van der Waals surface area contributed by atoms with Gasteiger partial charge in [-0.2, -0.15) is 15.1 Å². The van der Waals surface area contributed by atoms with Crippen molar-refractivity contribution in [1.82, 2.24) is 24.6 Å². The Kier molecular flexibility index (Phi) is 11.7. The number of aliphatic hydroxyl groups is 1. The zero-order valence-corrected chi connectivity index (χ0v) is 25.9. The third kappa shape index (κ3) is 8.85. The SMILES string of the molecule is CCOc1nc(N)nc2c1ncn2[C@@H](C)O[C@H](COP(=O)(NC(C)C(=O)OC(C)C(C)C)Oc1ccccc1)[C@H](C)O. The Bertz CT molecular complexity index is 1360. The maximum atomic E-state index is 13.9. The standard InChI is InChI=1S/C27H41N6O8P/c1-8-37-25-23-24(30-27(28)31-25)33(15-29-23)20(7)40-22(18(5)34)14-38-42(36,41-21-12-10-9-11-13-21)32-17(4)26(35)39-19(6)16(2)3/h9-13,15-20,22,34H,8,14H2,1-7H3,(H,32,36)(H2,28,30,31)/t17?,18-,19?,20+,22+,42?/m0/s1. The summed E-state index contributed by atoms with van der Waals surface area (Å²) in [6.07, 6.45) is -1.63. The van der Waals surface area contributed by atoms with Gasteiger partial charge in [0.1, 0.15) is 30.2 Å². The molecule has 0 amide bonds. The summed E-state index contributed by atoms with van der Waals surface area (Å²) in [6, 6.07) is 7.34. The van der Waals surface area contributed by atoms with Crippen molar-refractivity contribution < 1.29 is 37.7 Å². The molecular formula is C27H41N6O8P. The van der Waals surface area contributed by atoms with Gasteiger partial charge in [-0.25, -0.2) is 9.55 Å². The average molecular weight is 609 g/mol. The highest BCUT2D eigenvalue weighted by atomic mass is 31.2.